The van der Waals surface area contributed by atoms with Crippen molar-refractivity contribution in [2.24, 2.45) is 0 Å². The van der Waals surface area contributed by atoms with Gasteiger partial charge < -0.3 is 25.4 Å². The smallest absolute Gasteiger partial charge is 0.388 e. The zero-order valence-electron chi connectivity index (χ0n) is 19.8. The van der Waals surface area contributed by atoms with E-state index in [1.54, 1.807) is 25.1 Å². The number of pyridine rings is 1. The van der Waals surface area contributed by atoms with E-state index >= 15 is 0 Å². The molecule has 0 spiro atoms. The predicted molar refractivity (Wildman–Crippen MR) is 124 cm³/mol. The number of carboxylic acid groups (broad SMARTS) is 1. The van der Waals surface area contributed by atoms with Gasteiger partial charge in [-0.1, -0.05) is 38.1 Å². The van der Waals surface area contributed by atoms with Gasteiger partial charge in [-0.2, -0.15) is 8.78 Å². The number of nitrogens with one attached hydrogen (secondary N) is 2. The first-order valence-corrected chi connectivity index (χ1v) is 11.1. The highest BCUT2D eigenvalue weighted by Gasteiger charge is 2.53. The maximum Gasteiger partial charge on any atom is 0.388 e. The van der Waals surface area contributed by atoms with E-state index in [1.165, 1.54) is 17.9 Å². The Balaban J connectivity index is 1.95. The molecule has 1 aliphatic rings. The SMILES string of the molecule is Cc1ccc(NC(=O)C2(c3ccccc3C(C)C)CN(C(=O)N[C@@H](C)C(=O)O)C2)c(OC(F)F)n1. The first-order valence-electron chi connectivity index (χ1n) is 11.1. The molecule has 3 rings (SSSR count). The monoisotopic (exact) mass is 490 g/mol. The van der Waals surface area contributed by atoms with Gasteiger partial charge in [0.2, 0.25) is 11.8 Å². The number of anilines is 1. The minimum absolute atomic E-state index is 0.0234. The largest absolute Gasteiger partial charge is 0.480 e. The number of likely N-dealkylation sites (tertiary alicyclic amines) is 1. The number of rotatable bonds is 8. The van der Waals surface area contributed by atoms with Crippen molar-refractivity contribution < 1.29 is 33.0 Å². The Labute approximate surface area is 201 Å². The summed E-state index contributed by atoms with van der Waals surface area (Å²) in [7, 11) is 0. The molecule has 2 heterocycles. The summed E-state index contributed by atoms with van der Waals surface area (Å²) in [5.41, 5.74) is 0.798. The molecule has 9 nitrogen and oxygen atoms in total. The van der Waals surface area contributed by atoms with Crippen LogP contribution in [0.5, 0.6) is 5.88 Å². The molecule has 3 N–H and O–H groups in total. The molecule has 3 amide bonds. The minimum Gasteiger partial charge on any atom is -0.480 e. The highest BCUT2D eigenvalue weighted by atomic mass is 19.3. The summed E-state index contributed by atoms with van der Waals surface area (Å²) < 4.78 is 30.3. The molecule has 0 aliphatic carbocycles. The van der Waals surface area contributed by atoms with Crippen LogP contribution in [0, 0.1) is 6.92 Å². The van der Waals surface area contributed by atoms with Gasteiger partial charge in [-0.15, -0.1) is 0 Å². The van der Waals surface area contributed by atoms with Crippen molar-refractivity contribution in [3.05, 3.63) is 53.2 Å². The molecule has 1 aromatic heterocycles. The summed E-state index contributed by atoms with van der Waals surface area (Å²) in [6.45, 7) is 3.68. The van der Waals surface area contributed by atoms with E-state index in [2.05, 4.69) is 20.4 Å². The second-order valence-corrected chi connectivity index (χ2v) is 8.83. The van der Waals surface area contributed by atoms with Crippen molar-refractivity contribution in [1.82, 2.24) is 15.2 Å². The quantitative estimate of drug-likeness (QED) is 0.521. The number of halogens is 2. The van der Waals surface area contributed by atoms with Gasteiger partial charge in [-0.05, 0) is 43.0 Å². The lowest BCUT2D eigenvalue weighted by Crippen LogP contribution is -2.68. The van der Waals surface area contributed by atoms with Crippen molar-refractivity contribution in [1.29, 1.82) is 0 Å². The number of nitrogens with zero attached hydrogens (tertiary/aromatic N) is 2. The van der Waals surface area contributed by atoms with Crippen LogP contribution < -0.4 is 15.4 Å². The third-order valence-corrected chi connectivity index (χ3v) is 5.90. The molecule has 1 atom stereocenters. The Hall–Kier alpha value is -3.76. The zero-order valence-corrected chi connectivity index (χ0v) is 19.8. The molecule has 1 saturated heterocycles. The van der Waals surface area contributed by atoms with Gasteiger partial charge in [-0.3, -0.25) is 9.59 Å². The molecule has 188 valence electrons. The molecule has 0 saturated carbocycles. The van der Waals surface area contributed by atoms with Crippen LogP contribution in [0.25, 0.3) is 0 Å². The van der Waals surface area contributed by atoms with Gasteiger partial charge >= 0.3 is 18.6 Å². The van der Waals surface area contributed by atoms with Crippen molar-refractivity contribution >= 4 is 23.6 Å². The Kier molecular flexibility index (Phi) is 7.57. The minimum atomic E-state index is -3.13. The highest BCUT2D eigenvalue weighted by Crippen LogP contribution is 2.40. The lowest BCUT2D eigenvalue weighted by atomic mass is 9.69. The van der Waals surface area contributed by atoms with Crippen molar-refractivity contribution in [2.75, 3.05) is 18.4 Å². The Morgan fingerprint density at radius 3 is 2.37 bits per heavy atom. The van der Waals surface area contributed by atoms with E-state index in [4.69, 9.17) is 5.11 Å². The average Bonchev–Trinajstić information content (AvgIpc) is 2.74. The fraction of sp³-hybridized carbons (Fsp3) is 0.417. The Bertz CT molecular complexity index is 1120. The van der Waals surface area contributed by atoms with Crippen molar-refractivity contribution in [3.63, 3.8) is 0 Å². The standard InChI is InChI=1S/C24H28F2N4O5/c1-13(2)16-7-5-6-8-17(16)24(11-30(12-24)23(34)28-15(4)20(31)32)21(33)29-18-10-9-14(3)27-19(18)35-22(25)26/h5-10,13,15,22H,11-12H2,1-4H3,(H,28,34)(H,29,33)(H,31,32)/t15-/m0/s1. The first kappa shape index (κ1) is 25.9. The van der Waals surface area contributed by atoms with Crippen LogP contribution in [0.15, 0.2) is 36.4 Å². The number of hydrogen-bond donors (Lipinski definition) is 3. The summed E-state index contributed by atoms with van der Waals surface area (Å²) in [5, 5.41) is 14.1. The number of carbonyl (C=O) groups excluding carboxylic acids is 2. The van der Waals surface area contributed by atoms with Crippen LogP contribution in [0.2, 0.25) is 0 Å². The fourth-order valence-corrected chi connectivity index (χ4v) is 4.00. The number of benzene rings is 1. The van der Waals surface area contributed by atoms with E-state index in [0.717, 1.165) is 5.56 Å². The third kappa shape index (κ3) is 5.50. The lowest BCUT2D eigenvalue weighted by molar-refractivity contribution is -0.139. The van der Waals surface area contributed by atoms with Crippen LogP contribution in [0.4, 0.5) is 19.3 Å². The van der Waals surface area contributed by atoms with E-state index in [-0.39, 0.29) is 24.7 Å². The van der Waals surface area contributed by atoms with Gasteiger partial charge in [0.25, 0.3) is 0 Å². The van der Waals surface area contributed by atoms with Crippen LogP contribution in [0.3, 0.4) is 0 Å². The molecule has 11 heteroatoms. The van der Waals surface area contributed by atoms with Crippen LogP contribution in [0.1, 0.15) is 43.5 Å². The maximum atomic E-state index is 13.7. The van der Waals surface area contributed by atoms with E-state index < -0.39 is 41.9 Å². The van der Waals surface area contributed by atoms with Gasteiger partial charge in [0.1, 0.15) is 17.1 Å². The maximum absolute atomic E-state index is 13.7. The number of ether oxygens (including phenoxy) is 1. The summed E-state index contributed by atoms with van der Waals surface area (Å²) in [5.74, 6) is -2.06. The molecular weight excluding hydrogens is 462 g/mol. The Morgan fingerprint density at radius 1 is 1.11 bits per heavy atom. The molecule has 1 aromatic carbocycles. The van der Waals surface area contributed by atoms with Gasteiger partial charge in [0.15, 0.2) is 0 Å². The molecule has 2 aromatic rings. The Morgan fingerprint density at radius 2 is 1.77 bits per heavy atom. The first-order chi connectivity index (χ1) is 16.4. The van der Waals surface area contributed by atoms with Crippen LogP contribution >= 0.6 is 0 Å². The average molecular weight is 491 g/mol. The van der Waals surface area contributed by atoms with Crippen LogP contribution in [-0.4, -0.2) is 58.6 Å². The molecule has 35 heavy (non-hydrogen) atoms. The van der Waals surface area contributed by atoms with E-state index in [1.807, 2.05) is 26.0 Å². The number of alkyl halides is 2. The van der Waals surface area contributed by atoms with E-state index in [9.17, 15) is 23.2 Å². The van der Waals surface area contributed by atoms with Crippen molar-refractivity contribution in [3.8, 4) is 5.88 Å². The van der Waals surface area contributed by atoms with Gasteiger partial charge in [0, 0.05) is 18.8 Å². The summed E-state index contributed by atoms with van der Waals surface area (Å²) in [6, 6.07) is 8.57. The predicted octanol–water partition coefficient (Wildman–Crippen LogP) is 3.49. The highest BCUT2D eigenvalue weighted by molar-refractivity contribution is 6.02. The lowest BCUT2D eigenvalue weighted by Gasteiger charge is -2.49. The third-order valence-electron chi connectivity index (χ3n) is 5.90. The normalized spacial score (nSPS) is 15.4. The fourth-order valence-electron chi connectivity index (χ4n) is 4.00. The zero-order chi connectivity index (χ0) is 25.9. The second kappa shape index (κ2) is 10.2. The van der Waals surface area contributed by atoms with Crippen molar-refractivity contribution in [2.45, 2.75) is 51.7 Å². The number of aliphatic carboxylic acids is 1. The topological polar surface area (TPSA) is 121 Å². The summed E-state index contributed by atoms with van der Waals surface area (Å²) >= 11 is 0. The molecule has 1 fully saturated rings. The number of aromatic nitrogens is 1. The number of carboxylic acids is 1. The molecule has 0 bridgehead atoms. The molecule has 0 unspecified atom stereocenters. The van der Waals surface area contributed by atoms with Gasteiger partial charge in [-0.25, -0.2) is 9.78 Å². The summed E-state index contributed by atoms with van der Waals surface area (Å²) in [6.07, 6.45) is 0. The van der Waals surface area contributed by atoms with E-state index in [0.29, 0.717) is 11.3 Å². The molecular formula is C24H28F2N4O5. The number of amides is 3. The number of urea groups is 1. The molecule has 0 radical (unpaired) electrons. The second-order valence-electron chi connectivity index (χ2n) is 8.83. The van der Waals surface area contributed by atoms with Gasteiger partial charge in [0.05, 0.1) is 0 Å². The number of hydrogen-bond acceptors (Lipinski definition) is 5. The van der Waals surface area contributed by atoms with Crippen LogP contribution in [-0.2, 0) is 15.0 Å². The molecule has 1 aliphatic heterocycles. The summed E-state index contributed by atoms with van der Waals surface area (Å²) in [4.78, 5) is 42.7. The number of aryl methyl sites for hydroxylation is 1. The number of carbonyl (C=O) groups is 3.